The molecule has 36 heavy (non-hydrogen) atoms. The van der Waals surface area contributed by atoms with Crippen LogP contribution in [-0.4, -0.2) is 43.4 Å². The quantitative estimate of drug-likeness (QED) is 0.283. The minimum atomic E-state index is -0.976. The Hall–Kier alpha value is -3.85. The van der Waals surface area contributed by atoms with Gasteiger partial charge in [0.1, 0.15) is 6.61 Å². The number of aromatic carboxylic acids is 1. The van der Waals surface area contributed by atoms with E-state index in [4.69, 9.17) is 14.6 Å². The van der Waals surface area contributed by atoms with Crippen LogP contribution in [0, 0.1) is 0 Å². The number of hydrogen-bond acceptors (Lipinski definition) is 6. The van der Waals surface area contributed by atoms with Gasteiger partial charge in [0.05, 0.1) is 23.4 Å². The molecular weight excluding hydrogens is 526 g/mol. The molecule has 0 saturated carbocycles. The van der Waals surface area contributed by atoms with Crippen LogP contribution in [0.5, 0.6) is 11.5 Å². The van der Waals surface area contributed by atoms with Crippen molar-refractivity contribution in [3.63, 3.8) is 0 Å². The molecule has 8 nitrogen and oxygen atoms in total. The topological polar surface area (TPSA) is 100 Å². The van der Waals surface area contributed by atoms with Gasteiger partial charge in [-0.3, -0.25) is 4.79 Å². The van der Waals surface area contributed by atoms with Crippen LogP contribution < -0.4 is 19.8 Å². The van der Waals surface area contributed by atoms with E-state index in [1.807, 2.05) is 12.1 Å². The van der Waals surface area contributed by atoms with Crippen molar-refractivity contribution < 1.29 is 24.2 Å². The van der Waals surface area contributed by atoms with Gasteiger partial charge in [-0.25, -0.2) is 10.2 Å². The Morgan fingerprint density at radius 3 is 2.36 bits per heavy atom. The highest BCUT2D eigenvalue weighted by molar-refractivity contribution is 9.10. The molecule has 2 N–H and O–H groups in total. The van der Waals surface area contributed by atoms with Crippen molar-refractivity contribution >= 4 is 39.7 Å². The number of hydrogen-bond donors (Lipinski definition) is 2. The fourth-order valence-corrected chi connectivity index (χ4v) is 4.46. The van der Waals surface area contributed by atoms with E-state index in [-0.39, 0.29) is 18.1 Å². The van der Waals surface area contributed by atoms with Crippen LogP contribution in [0.3, 0.4) is 0 Å². The number of anilines is 1. The molecule has 0 bridgehead atoms. The van der Waals surface area contributed by atoms with Gasteiger partial charge in [0, 0.05) is 24.3 Å². The van der Waals surface area contributed by atoms with Crippen molar-refractivity contribution in [1.82, 2.24) is 5.43 Å². The van der Waals surface area contributed by atoms with E-state index in [9.17, 15) is 9.59 Å². The normalized spacial score (nSPS) is 13.1. The highest BCUT2D eigenvalue weighted by Crippen LogP contribution is 2.37. The van der Waals surface area contributed by atoms with E-state index in [2.05, 4.69) is 31.4 Å². The number of ether oxygens (including phenoxy) is 2. The fraction of sp³-hybridized carbons (Fsp3) is 0.222. The number of benzene rings is 3. The van der Waals surface area contributed by atoms with Crippen molar-refractivity contribution in [1.29, 1.82) is 0 Å². The second-order valence-corrected chi connectivity index (χ2v) is 9.12. The first-order chi connectivity index (χ1) is 17.4. The van der Waals surface area contributed by atoms with E-state index in [1.165, 1.54) is 38.3 Å². The molecule has 0 spiro atoms. The Morgan fingerprint density at radius 2 is 1.72 bits per heavy atom. The number of carbonyl (C=O) groups excluding carboxylic acids is 1. The second kappa shape index (κ2) is 11.7. The van der Waals surface area contributed by atoms with Crippen molar-refractivity contribution in [3.8, 4) is 11.5 Å². The predicted molar refractivity (Wildman–Crippen MR) is 141 cm³/mol. The smallest absolute Gasteiger partial charge is 0.335 e. The molecule has 186 valence electrons. The number of nitrogens with one attached hydrogen (secondary N) is 1. The molecular formula is C27H26BrN3O5. The molecule has 0 unspecified atom stereocenters. The third-order valence-electron chi connectivity index (χ3n) is 5.82. The first-order valence-electron chi connectivity index (χ1n) is 11.5. The molecule has 1 aliphatic rings. The minimum absolute atomic E-state index is 0.215. The standard InChI is InChI=1S/C27H26BrN3O5/c1-35-24-15-19(14-23(28)25(24)36-17-18-4-6-21(7-5-18)27(33)34)16-29-30-26(32)20-8-10-22(11-9-20)31-12-2-3-13-31/h4-11,14-16H,2-3,12-13,17H2,1H3,(H,30,32)(H,33,34)/b29-16-. The van der Waals surface area contributed by atoms with Crippen LogP contribution in [-0.2, 0) is 6.61 Å². The summed E-state index contributed by atoms with van der Waals surface area (Å²) in [6.07, 6.45) is 3.93. The summed E-state index contributed by atoms with van der Waals surface area (Å²) >= 11 is 3.50. The molecule has 1 heterocycles. The van der Waals surface area contributed by atoms with Gasteiger partial charge in [-0.2, -0.15) is 5.10 Å². The van der Waals surface area contributed by atoms with Crippen molar-refractivity contribution in [2.45, 2.75) is 19.4 Å². The summed E-state index contributed by atoms with van der Waals surface area (Å²) in [6.45, 7) is 2.34. The van der Waals surface area contributed by atoms with Gasteiger partial charge in [-0.1, -0.05) is 12.1 Å². The number of carboxylic acids is 1. The minimum Gasteiger partial charge on any atom is -0.493 e. The summed E-state index contributed by atoms with van der Waals surface area (Å²) in [5, 5.41) is 13.1. The first kappa shape index (κ1) is 25.2. The van der Waals surface area contributed by atoms with Crippen LogP contribution in [0.25, 0.3) is 0 Å². The zero-order valence-corrected chi connectivity index (χ0v) is 21.3. The van der Waals surface area contributed by atoms with Crippen LogP contribution in [0.2, 0.25) is 0 Å². The third kappa shape index (κ3) is 6.23. The number of amides is 1. The Labute approximate surface area is 217 Å². The van der Waals surface area contributed by atoms with Crippen LogP contribution in [0.15, 0.2) is 70.2 Å². The maximum absolute atomic E-state index is 12.5. The maximum atomic E-state index is 12.5. The lowest BCUT2D eigenvalue weighted by Crippen LogP contribution is -2.19. The number of halogens is 1. The molecule has 0 atom stereocenters. The Bertz CT molecular complexity index is 1250. The lowest BCUT2D eigenvalue weighted by molar-refractivity contribution is 0.0696. The molecule has 1 amide bonds. The lowest BCUT2D eigenvalue weighted by atomic mass is 10.1. The van der Waals surface area contributed by atoms with Gasteiger partial charge < -0.3 is 19.5 Å². The monoisotopic (exact) mass is 551 g/mol. The van der Waals surface area contributed by atoms with Crippen molar-refractivity contribution in [2.75, 3.05) is 25.1 Å². The summed E-state index contributed by atoms with van der Waals surface area (Å²) in [6, 6.07) is 17.5. The highest BCUT2D eigenvalue weighted by Gasteiger charge is 2.14. The Morgan fingerprint density at radius 1 is 1.06 bits per heavy atom. The molecule has 0 radical (unpaired) electrons. The van der Waals surface area contributed by atoms with Gasteiger partial charge in [0.25, 0.3) is 5.91 Å². The van der Waals surface area contributed by atoms with E-state index in [0.29, 0.717) is 27.1 Å². The van der Waals surface area contributed by atoms with E-state index in [1.54, 1.807) is 36.4 Å². The average Bonchev–Trinajstić information content (AvgIpc) is 3.43. The Kier molecular flexibility index (Phi) is 8.22. The van der Waals surface area contributed by atoms with Crippen LogP contribution in [0.4, 0.5) is 5.69 Å². The average molecular weight is 552 g/mol. The molecule has 1 saturated heterocycles. The third-order valence-corrected chi connectivity index (χ3v) is 6.41. The highest BCUT2D eigenvalue weighted by atomic mass is 79.9. The lowest BCUT2D eigenvalue weighted by Gasteiger charge is -2.17. The summed E-state index contributed by atoms with van der Waals surface area (Å²) in [4.78, 5) is 25.8. The van der Waals surface area contributed by atoms with E-state index in [0.717, 1.165) is 24.3 Å². The van der Waals surface area contributed by atoms with E-state index >= 15 is 0 Å². The van der Waals surface area contributed by atoms with E-state index < -0.39 is 5.97 Å². The van der Waals surface area contributed by atoms with Crippen molar-refractivity contribution in [2.24, 2.45) is 5.10 Å². The van der Waals surface area contributed by atoms with Crippen LogP contribution >= 0.6 is 15.9 Å². The largest absolute Gasteiger partial charge is 0.493 e. The Balaban J connectivity index is 1.37. The van der Waals surface area contributed by atoms with Gasteiger partial charge in [0.15, 0.2) is 11.5 Å². The molecule has 9 heteroatoms. The number of carbonyl (C=O) groups is 2. The zero-order valence-electron chi connectivity index (χ0n) is 19.7. The molecule has 1 aliphatic heterocycles. The van der Waals surface area contributed by atoms with Gasteiger partial charge in [-0.05, 0) is 88.4 Å². The van der Waals surface area contributed by atoms with Crippen LogP contribution in [0.1, 0.15) is 44.7 Å². The first-order valence-corrected chi connectivity index (χ1v) is 12.2. The van der Waals surface area contributed by atoms with Gasteiger partial charge in [0.2, 0.25) is 0 Å². The number of carboxylic acid groups (broad SMARTS) is 1. The number of rotatable bonds is 9. The molecule has 3 aromatic carbocycles. The zero-order chi connectivity index (χ0) is 25.5. The predicted octanol–water partition coefficient (Wildman–Crippen LogP) is 5.10. The fourth-order valence-electron chi connectivity index (χ4n) is 3.88. The molecule has 4 rings (SSSR count). The molecule has 0 aromatic heterocycles. The SMILES string of the molecule is COc1cc(/C=N\NC(=O)c2ccc(N3CCCC3)cc2)cc(Br)c1OCc1ccc(C(=O)O)cc1. The summed E-state index contributed by atoms with van der Waals surface area (Å²) < 4.78 is 12.0. The van der Waals surface area contributed by atoms with Crippen molar-refractivity contribution in [3.05, 3.63) is 87.4 Å². The van der Waals surface area contributed by atoms with Gasteiger partial charge in [-0.15, -0.1) is 0 Å². The number of nitrogens with zero attached hydrogens (tertiary/aromatic N) is 2. The van der Waals surface area contributed by atoms with Gasteiger partial charge >= 0.3 is 5.97 Å². The second-order valence-electron chi connectivity index (χ2n) is 8.27. The maximum Gasteiger partial charge on any atom is 0.335 e. The summed E-state index contributed by atoms with van der Waals surface area (Å²) in [5.74, 6) is -0.286. The number of methoxy groups -OCH3 is 1. The number of hydrazone groups is 1. The summed E-state index contributed by atoms with van der Waals surface area (Å²) in [7, 11) is 1.53. The molecule has 3 aromatic rings. The summed E-state index contributed by atoms with van der Waals surface area (Å²) in [5.41, 5.74) is 5.95. The molecule has 1 fully saturated rings. The molecule has 0 aliphatic carbocycles.